The lowest BCUT2D eigenvalue weighted by Gasteiger charge is -2.38. The molecule has 2 atom stereocenters. The number of benzene rings is 1. The molecule has 2 rings (SSSR count). The van der Waals surface area contributed by atoms with Gasteiger partial charge >= 0.3 is 0 Å². The van der Waals surface area contributed by atoms with Crippen molar-refractivity contribution in [3.63, 3.8) is 0 Å². The van der Waals surface area contributed by atoms with Crippen LogP contribution < -0.4 is 10.1 Å². The molecule has 0 heterocycles. The summed E-state index contributed by atoms with van der Waals surface area (Å²) >= 11 is 0. The summed E-state index contributed by atoms with van der Waals surface area (Å²) in [5, 5.41) is 13.1. The third-order valence-electron chi connectivity index (χ3n) is 4.33. The number of nitrogens with one attached hydrogen (secondary N) is 1. The van der Waals surface area contributed by atoms with Gasteiger partial charge in [-0.2, -0.15) is 5.26 Å². The molecule has 1 aliphatic carbocycles. The van der Waals surface area contributed by atoms with Gasteiger partial charge < -0.3 is 4.74 Å². The third kappa shape index (κ3) is 3.77. The minimum atomic E-state index is -0.436. The molecule has 0 aromatic heterocycles. The monoisotopic (exact) mass is 286 g/mol. The van der Waals surface area contributed by atoms with E-state index in [-0.39, 0.29) is 6.10 Å². The zero-order valence-electron chi connectivity index (χ0n) is 13.6. The van der Waals surface area contributed by atoms with E-state index in [1.54, 1.807) is 0 Å². The van der Waals surface area contributed by atoms with Gasteiger partial charge in [0, 0.05) is 12.5 Å². The fourth-order valence-corrected chi connectivity index (χ4v) is 3.17. The van der Waals surface area contributed by atoms with E-state index in [2.05, 4.69) is 45.1 Å². The smallest absolute Gasteiger partial charge is 0.122 e. The second-order valence-corrected chi connectivity index (χ2v) is 6.53. The second-order valence-electron chi connectivity index (χ2n) is 6.53. The minimum absolute atomic E-state index is 0.116. The Bertz CT molecular complexity index is 533. The van der Waals surface area contributed by atoms with Gasteiger partial charge in [0.1, 0.15) is 17.4 Å². The molecule has 0 saturated heterocycles. The molecule has 0 bridgehead atoms. The van der Waals surface area contributed by atoms with Crippen LogP contribution in [0.4, 0.5) is 0 Å². The van der Waals surface area contributed by atoms with Crippen LogP contribution in [-0.2, 0) is 0 Å². The van der Waals surface area contributed by atoms with Crippen molar-refractivity contribution in [2.75, 3.05) is 0 Å². The van der Waals surface area contributed by atoms with E-state index in [4.69, 9.17) is 4.74 Å². The van der Waals surface area contributed by atoms with Crippen molar-refractivity contribution in [1.29, 1.82) is 5.26 Å². The van der Waals surface area contributed by atoms with E-state index < -0.39 is 5.54 Å². The van der Waals surface area contributed by atoms with E-state index in [0.29, 0.717) is 6.04 Å². The molecule has 1 aromatic rings. The number of ether oxygens (including phenoxy) is 1. The molecule has 3 nitrogen and oxygen atoms in total. The number of rotatable bonds is 4. The van der Waals surface area contributed by atoms with Gasteiger partial charge in [-0.15, -0.1) is 0 Å². The second kappa shape index (κ2) is 6.49. The lowest BCUT2D eigenvalue weighted by molar-refractivity contribution is 0.108. The van der Waals surface area contributed by atoms with Crippen molar-refractivity contribution in [3.05, 3.63) is 29.3 Å². The van der Waals surface area contributed by atoms with Gasteiger partial charge in [0.05, 0.1) is 6.07 Å². The number of aryl methyl sites for hydroxylation is 1. The molecule has 1 fully saturated rings. The van der Waals surface area contributed by atoms with Crippen LogP contribution in [0.25, 0.3) is 0 Å². The quantitative estimate of drug-likeness (QED) is 0.913. The number of hydrogen-bond donors (Lipinski definition) is 1. The van der Waals surface area contributed by atoms with Gasteiger partial charge in [-0.05, 0) is 64.2 Å². The first-order chi connectivity index (χ1) is 9.96. The molecule has 0 aliphatic heterocycles. The van der Waals surface area contributed by atoms with E-state index in [9.17, 15) is 5.26 Å². The predicted octanol–water partition coefficient (Wildman–Crippen LogP) is 3.89. The average molecular weight is 286 g/mol. The summed E-state index contributed by atoms with van der Waals surface area (Å²) < 4.78 is 6.21. The highest BCUT2D eigenvalue weighted by atomic mass is 16.5. The molecule has 21 heavy (non-hydrogen) atoms. The predicted molar refractivity (Wildman–Crippen MR) is 85.4 cm³/mol. The molecule has 1 N–H and O–H groups in total. The Labute approximate surface area is 128 Å². The summed E-state index contributed by atoms with van der Waals surface area (Å²) in [6.07, 6.45) is 3.84. The Hall–Kier alpha value is -1.53. The Kier molecular flexibility index (Phi) is 4.90. The molecule has 0 radical (unpaired) electrons. The maximum atomic E-state index is 9.60. The summed E-state index contributed by atoms with van der Waals surface area (Å²) in [4.78, 5) is 0. The average Bonchev–Trinajstić information content (AvgIpc) is 2.43. The van der Waals surface area contributed by atoms with Gasteiger partial charge in [-0.25, -0.2) is 0 Å². The van der Waals surface area contributed by atoms with E-state index in [1.165, 1.54) is 11.1 Å². The summed E-state index contributed by atoms with van der Waals surface area (Å²) in [6, 6.07) is 8.97. The summed E-state index contributed by atoms with van der Waals surface area (Å²) in [5.41, 5.74) is 2.01. The molecule has 1 saturated carbocycles. The van der Waals surface area contributed by atoms with Crippen molar-refractivity contribution < 1.29 is 4.74 Å². The first-order valence-electron chi connectivity index (χ1n) is 7.87. The Morgan fingerprint density at radius 1 is 1.38 bits per heavy atom. The Morgan fingerprint density at radius 3 is 2.81 bits per heavy atom. The van der Waals surface area contributed by atoms with E-state index in [1.807, 2.05) is 12.1 Å². The van der Waals surface area contributed by atoms with Crippen LogP contribution >= 0.6 is 0 Å². The SMILES string of the molecule is Cc1cccc(OC2CCCC(C#N)(NC(C)C)C2)c1C. The fraction of sp³-hybridized carbons (Fsp3) is 0.611. The highest BCUT2D eigenvalue weighted by Crippen LogP contribution is 2.32. The number of nitriles is 1. The molecule has 3 heteroatoms. The van der Waals surface area contributed by atoms with Crippen LogP contribution in [-0.4, -0.2) is 17.7 Å². The fourth-order valence-electron chi connectivity index (χ4n) is 3.17. The molecule has 2 unspecified atom stereocenters. The van der Waals surface area contributed by atoms with Gasteiger partial charge in [-0.1, -0.05) is 12.1 Å². The standard InChI is InChI=1S/C18H26N2O/c1-13(2)20-18(12-19)10-6-8-16(11-18)21-17-9-5-7-14(3)15(17)4/h5,7,9,13,16,20H,6,8,10-11H2,1-4H3. The molecule has 0 spiro atoms. The first-order valence-corrected chi connectivity index (χ1v) is 7.87. The first kappa shape index (κ1) is 15.9. The maximum absolute atomic E-state index is 9.60. The van der Waals surface area contributed by atoms with Crippen LogP contribution in [0.5, 0.6) is 5.75 Å². The summed E-state index contributed by atoms with van der Waals surface area (Å²) in [6.45, 7) is 8.38. The minimum Gasteiger partial charge on any atom is -0.490 e. The van der Waals surface area contributed by atoms with E-state index >= 15 is 0 Å². The molecular formula is C18H26N2O. The van der Waals surface area contributed by atoms with Gasteiger partial charge in [0.25, 0.3) is 0 Å². The zero-order chi connectivity index (χ0) is 15.5. The molecule has 114 valence electrons. The summed E-state index contributed by atoms with van der Waals surface area (Å²) in [7, 11) is 0. The van der Waals surface area contributed by atoms with Gasteiger partial charge in [0.15, 0.2) is 0 Å². The van der Waals surface area contributed by atoms with Crippen LogP contribution in [0, 0.1) is 25.2 Å². The highest BCUT2D eigenvalue weighted by molar-refractivity contribution is 5.38. The largest absolute Gasteiger partial charge is 0.490 e. The molecular weight excluding hydrogens is 260 g/mol. The van der Waals surface area contributed by atoms with Crippen molar-refractivity contribution in [3.8, 4) is 11.8 Å². The highest BCUT2D eigenvalue weighted by Gasteiger charge is 2.38. The number of nitrogens with zero attached hydrogens (tertiary/aromatic N) is 1. The lowest BCUT2D eigenvalue weighted by Crippen LogP contribution is -2.52. The van der Waals surface area contributed by atoms with Crippen molar-refractivity contribution in [2.24, 2.45) is 0 Å². The van der Waals surface area contributed by atoms with Gasteiger partial charge in [-0.3, -0.25) is 5.32 Å². The van der Waals surface area contributed by atoms with E-state index in [0.717, 1.165) is 31.4 Å². The normalized spacial score (nSPS) is 25.6. The van der Waals surface area contributed by atoms with Crippen LogP contribution in [0.3, 0.4) is 0 Å². The van der Waals surface area contributed by atoms with Crippen molar-refractivity contribution in [1.82, 2.24) is 5.32 Å². The van der Waals surface area contributed by atoms with Gasteiger partial charge in [0.2, 0.25) is 0 Å². The maximum Gasteiger partial charge on any atom is 0.122 e. The Morgan fingerprint density at radius 2 is 2.14 bits per heavy atom. The summed E-state index contributed by atoms with van der Waals surface area (Å²) in [5.74, 6) is 0.957. The molecule has 1 aliphatic rings. The van der Waals surface area contributed by atoms with Crippen LogP contribution in [0.1, 0.15) is 50.7 Å². The topological polar surface area (TPSA) is 45.0 Å². The van der Waals surface area contributed by atoms with Crippen molar-refractivity contribution >= 4 is 0 Å². The Balaban J connectivity index is 2.11. The van der Waals surface area contributed by atoms with Crippen LogP contribution in [0.2, 0.25) is 0 Å². The number of hydrogen-bond acceptors (Lipinski definition) is 3. The van der Waals surface area contributed by atoms with Crippen molar-refractivity contribution in [2.45, 2.75) is 71.1 Å². The molecule has 1 aromatic carbocycles. The lowest BCUT2D eigenvalue weighted by atomic mass is 9.80. The van der Waals surface area contributed by atoms with Crippen LogP contribution in [0.15, 0.2) is 18.2 Å². The molecule has 0 amide bonds. The third-order valence-corrected chi connectivity index (χ3v) is 4.33. The zero-order valence-corrected chi connectivity index (χ0v) is 13.6.